The van der Waals surface area contributed by atoms with Crippen molar-refractivity contribution < 1.29 is 12.2 Å². The Morgan fingerprint density at radius 2 is 2.21 bits per heavy atom. The monoisotopic (exact) mass is 379 g/mol. The van der Waals surface area contributed by atoms with Gasteiger partial charge in [-0.25, -0.2) is 4.99 Å². The molecular weight excluding hydrogens is 350 g/mol. The number of amidine groups is 1. The third-order valence-corrected chi connectivity index (χ3v) is 6.93. The summed E-state index contributed by atoms with van der Waals surface area (Å²) < 4.78 is 29.0. The van der Waals surface area contributed by atoms with Crippen LogP contribution in [0.25, 0.3) is 11.1 Å². The van der Waals surface area contributed by atoms with Crippen LogP contribution in [-0.4, -0.2) is 30.8 Å². The summed E-state index contributed by atoms with van der Waals surface area (Å²) in [6.07, 6.45) is 7.00. The second-order valence-electron chi connectivity index (χ2n) is 8.43. The second kappa shape index (κ2) is 6.31. The Hall–Kier alpha value is -2.40. The van der Waals surface area contributed by atoms with Crippen LogP contribution in [0, 0.1) is 11.3 Å². The molecule has 146 valence electrons. The number of rotatable bonds is 2. The largest absolute Gasteiger partial charge is 0.462 e. The van der Waals surface area contributed by atoms with Gasteiger partial charge in [0, 0.05) is 24.9 Å². The minimum atomic E-state index is -2.02. The third kappa shape index (κ3) is 2.42. The smallest absolute Gasteiger partial charge is 0.283 e. The molecule has 2 spiro atoms. The Balaban J connectivity index is 1.70. The topological polar surface area (TPSA) is 69.7 Å². The molecule has 2 heterocycles. The molecular formula is C23H27N3O2. The van der Waals surface area contributed by atoms with Crippen LogP contribution in [-0.2, 0) is 21.4 Å². The van der Waals surface area contributed by atoms with Gasteiger partial charge in [-0.2, -0.15) is 0 Å². The van der Waals surface area contributed by atoms with E-state index in [4.69, 9.17) is 22.9 Å². The normalized spacial score (nSPS) is 36.6. The van der Waals surface area contributed by atoms with Gasteiger partial charge in [-0.15, -0.1) is 0 Å². The maximum absolute atomic E-state index is 8.90. The van der Waals surface area contributed by atoms with Gasteiger partial charge in [0.1, 0.15) is 12.1 Å². The maximum Gasteiger partial charge on any atom is 0.283 e. The van der Waals surface area contributed by atoms with Crippen molar-refractivity contribution in [3.05, 3.63) is 53.9 Å². The molecule has 0 amide bonds. The minimum Gasteiger partial charge on any atom is -0.462 e. The first-order valence-electron chi connectivity index (χ1n) is 10.9. The molecule has 4 atom stereocenters. The Bertz CT molecular complexity index is 1010. The standard InChI is InChI=1S/C23H27N3O2/c1-15-11-22(8-7-20(15)27-2)12-17-6-5-16(18-4-3-9-25-13-18)10-19(17)23(22)14-28-21(24)26-23/h3-6,9-10,13,15,20H,7-8,11-12,14H2,1-2H3,(H2,24,26)/t15-,20-,22-,23+/m1/s1/i14D2. The number of hydrogen-bond donors (Lipinski definition) is 1. The van der Waals surface area contributed by atoms with Crippen LogP contribution in [0.3, 0.4) is 0 Å². The molecule has 5 heteroatoms. The molecule has 2 aromatic rings. The van der Waals surface area contributed by atoms with Crippen LogP contribution >= 0.6 is 0 Å². The van der Waals surface area contributed by atoms with Crippen molar-refractivity contribution in [3.63, 3.8) is 0 Å². The maximum atomic E-state index is 8.90. The Kier molecular flexibility index (Phi) is 3.50. The number of aromatic nitrogens is 1. The predicted octanol–water partition coefficient (Wildman–Crippen LogP) is 3.67. The lowest BCUT2D eigenvalue weighted by Crippen LogP contribution is -2.48. The number of pyridine rings is 1. The number of fused-ring (bicyclic) bond motifs is 3. The summed E-state index contributed by atoms with van der Waals surface area (Å²) >= 11 is 0. The molecule has 2 aliphatic carbocycles. The van der Waals surface area contributed by atoms with E-state index in [1.165, 1.54) is 0 Å². The van der Waals surface area contributed by atoms with E-state index in [1.54, 1.807) is 13.3 Å². The highest BCUT2D eigenvalue weighted by Gasteiger charge is 2.62. The van der Waals surface area contributed by atoms with Gasteiger partial charge in [0.25, 0.3) is 6.02 Å². The third-order valence-electron chi connectivity index (χ3n) is 6.93. The molecule has 0 unspecified atom stereocenters. The first-order chi connectivity index (χ1) is 14.3. The van der Waals surface area contributed by atoms with Crippen molar-refractivity contribution in [2.45, 2.75) is 44.2 Å². The zero-order valence-electron chi connectivity index (χ0n) is 18.3. The van der Waals surface area contributed by atoms with E-state index in [2.05, 4.69) is 30.1 Å². The van der Waals surface area contributed by atoms with Crippen LogP contribution in [0.5, 0.6) is 0 Å². The van der Waals surface area contributed by atoms with Crippen LogP contribution in [0.2, 0.25) is 0 Å². The number of benzene rings is 1. The molecule has 1 fully saturated rings. The molecule has 1 aliphatic heterocycles. The van der Waals surface area contributed by atoms with Crippen LogP contribution < -0.4 is 5.73 Å². The van der Waals surface area contributed by atoms with Crippen LogP contribution in [0.1, 0.15) is 40.1 Å². The van der Waals surface area contributed by atoms with Crippen LogP contribution in [0.15, 0.2) is 47.7 Å². The summed E-state index contributed by atoms with van der Waals surface area (Å²) in [5, 5.41) is 0. The molecule has 5 rings (SSSR count). The quantitative estimate of drug-likeness (QED) is 0.864. The summed E-state index contributed by atoms with van der Waals surface area (Å²) in [5.41, 5.74) is 8.43. The number of nitrogens with two attached hydrogens (primary N) is 1. The predicted molar refractivity (Wildman–Crippen MR) is 109 cm³/mol. The van der Waals surface area contributed by atoms with E-state index >= 15 is 0 Å². The molecule has 2 N–H and O–H groups in total. The SMILES string of the molecule is [2H]C1([2H])OC(N)=N[C@]12c1cc(-c3cccnc3)ccc1C[C@]21CC[C@@H](OC)[C@H](C)C1. The highest BCUT2D eigenvalue weighted by atomic mass is 16.5. The van der Waals surface area contributed by atoms with Gasteiger partial charge in [-0.1, -0.05) is 25.1 Å². The van der Waals surface area contributed by atoms with Gasteiger partial charge in [0.15, 0.2) is 0 Å². The van der Waals surface area contributed by atoms with Gasteiger partial charge in [-0.05, 0) is 66.0 Å². The minimum absolute atomic E-state index is 0.0690. The molecule has 1 aromatic heterocycles. The molecule has 0 radical (unpaired) electrons. The summed E-state index contributed by atoms with van der Waals surface area (Å²) in [5.74, 6) is 0.292. The van der Waals surface area contributed by atoms with Crippen molar-refractivity contribution in [2.24, 2.45) is 22.1 Å². The zero-order valence-corrected chi connectivity index (χ0v) is 16.3. The van der Waals surface area contributed by atoms with E-state index in [1.807, 2.05) is 18.3 Å². The number of methoxy groups -OCH3 is 1. The summed E-state index contributed by atoms with van der Waals surface area (Å²) in [4.78, 5) is 8.99. The highest BCUT2D eigenvalue weighted by molar-refractivity contribution is 5.76. The summed E-state index contributed by atoms with van der Waals surface area (Å²) in [6, 6.07) is 10.1. The zero-order chi connectivity index (χ0) is 21.1. The highest BCUT2D eigenvalue weighted by Crippen LogP contribution is 2.62. The molecule has 1 saturated carbocycles. The van der Waals surface area contributed by atoms with Crippen molar-refractivity contribution in [2.75, 3.05) is 13.7 Å². The van der Waals surface area contributed by atoms with E-state index in [0.29, 0.717) is 5.92 Å². The van der Waals surface area contributed by atoms with Crippen molar-refractivity contribution >= 4 is 6.02 Å². The number of ether oxygens (including phenoxy) is 2. The average molecular weight is 380 g/mol. The van der Waals surface area contributed by atoms with E-state index in [-0.39, 0.29) is 12.1 Å². The Morgan fingerprint density at radius 3 is 2.89 bits per heavy atom. The number of nitrogens with zero attached hydrogens (tertiary/aromatic N) is 2. The van der Waals surface area contributed by atoms with E-state index in [9.17, 15) is 0 Å². The second-order valence-corrected chi connectivity index (χ2v) is 8.43. The fraction of sp³-hybridized carbons (Fsp3) is 0.478. The van der Waals surface area contributed by atoms with Crippen molar-refractivity contribution in [3.8, 4) is 11.1 Å². The Morgan fingerprint density at radius 1 is 1.32 bits per heavy atom. The van der Waals surface area contributed by atoms with Gasteiger partial charge < -0.3 is 15.2 Å². The lowest BCUT2D eigenvalue weighted by molar-refractivity contribution is -0.0445. The molecule has 5 nitrogen and oxygen atoms in total. The van der Waals surface area contributed by atoms with Gasteiger partial charge in [0.05, 0.1) is 8.85 Å². The van der Waals surface area contributed by atoms with Crippen molar-refractivity contribution in [1.82, 2.24) is 4.98 Å². The van der Waals surface area contributed by atoms with Gasteiger partial charge >= 0.3 is 0 Å². The number of hydrogen-bond acceptors (Lipinski definition) is 5. The lowest BCUT2D eigenvalue weighted by Gasteiger charge is -2.47. The van der Waals surface area contributed by atoms with Gasteiger partial charge in [0.2, 0.25) is 0 Å². The lowest BCUT2D eigenvalue weighted by atomic mass is 9.59. The van der Waals surface area contributed by atoms with Crippen molar-refractivity contribution in [1.29, 1.82) is 0 Å². The fourth-order valence-corrected chi connectivity index (χ4v) is 5.63. The van der Waals surface area contributed by atoms with Crippen LogP contribution in [0.4, 0.5) is 0 Å². The van der Waals surface area contributed by atoms with Gasteiger partial charge in [-0.3, -0.25) is 4.98 Å². The molecule has 28 heavy (non-hydrogen) atoms. The molecule has 0 bridgehead atoms. The molecule has 1 aromatic carbocycles. The van der Waals surface area contributed by atoms with E-state index in [0.717, 1.165) is 47.9 Å². The average Bonchev–Trinajstić information content (AvgIpc) is 3.13. The first-order valence-corrected chi connectivity index (χ1v) is 9.93. The summed E-state index contributed by atoms with van der Waals surface area (Å²) in [6.45, 7) is 0.167. The number of aliphatic imine (C=N–C) groups is 1. The Labute approximate surface area is 168 Å². The first kappa shape index (κ1) is 15.5. The molecule has 0 saturated heterocycles. The summed E-state index contributed by atoms with van der Waals surface area (Å²) in [7, 11) is 1.76. The fourth-order valence-electron chi connectivity index (χ4n) is 5.63. The van der Waals surface area contributed by atoms with E-state index < -0.39 is 17.5 Å². The molecule has 3 aliphatic rings.